The Kier molecular flexibility index (Phi) is 7.33. The van der Waals surface area contributed by atoms with Gasteiger partial charge in [-0.3, -0.25) is 4.79 Å². The van der Waals surface area contributed by atoms with Gasteiger partial charge in [-0.1, -0.05) is 19.6 Å². The van der Waals surface area contributed by atoms with Crippen LogP contribution in [0.25, 0.3) is 5.76 Å². The average molecular weight is 432 g/mol. The van der Waals surface area contributed by atoms with Gasteiger partial charge in [-0.05, 0) is 61.4 Å². The van der Waals surface area contributed by atoms with Gasteiger partial charge in [-0.2, -0.15) is 0 Å². The molecule has 1 atom stereocenters. The molecule has 2 rings (SSSR count). The minimum absolute atomic E-state index is 0.146. The Balaban J connectivity index is 2.44. The van der Waals surface area contributed by atoms with Crippen LogP contribution in [0.5, 0.6) is 0 Å². The number of benzene rings is 2. The maximum Gasteiger partial charge on any atom is 0.272 e. The van der Waals surface area contributed by atoms with Gasteiger partial charge in [0.1, 0.15) is 11.6 Å². The van der Waals surface area contributed by atoms with E-state index in [-0.39, 0.29) is 28.1 Å². The Labute approximate surface area is 180 Å². The second-order valence-corrected chi connectivity index (χ2v) is 7.65. The standard InChI is InChI=1S/C24H27F3N2O2/c1-5-11-29-20-10-7-15(12-18(20)24(4,26)27)22(31)14-23(3,28)16-8-9-17(19(25)13-16)21(30)6-2/h6-10,12-14,29,31H,2,5,11,28H2,1,3-4H3/b22-14-. The van der Waals surface area contributed by atoms with E-state index in [4.69, 9.17) is 5.73 Å². The van der Waals surface area contributed by atoms with Crippen molar-refractivity contribution < 1.29 is 23.1 Å². The summed E-state index contributed by atoms with van der Waals surface area (Å²) >= 11 is 0. The summed E-state index contributed by atoms with van der Waals surface area (Å²) in [4.78, 5) is 11.7. The minimum atomic E-state index is -3.13. The van der Waals surface area contributed by atoms with Crippen LogP contribution < -0.4 is 11.1 Å². The van der Waals surface area contributed by atoms with E-state index in [0.29, 0.717) is 12.1 Å². The summed E-state index contributed by atoms with van der Waals surface area (Å²) < 4.78 is 42.6. The minimum Gasteiger partial charge on any atom is -0.508 e. The summed E-state index contributed by atoms with van der Waals surface area (Å²) in [5.41, 5.74) is 5.24. The highest BCUT2D eigenvalue weighted by Crippen LogP contribution is 2.35. The van der Waals surface area contributed by atoms with Crippen molar-refractivity contribution in [1.29, 1.82) is 0 Å². The Morgan fingerprint density at radius 3 is 2.45 bits per heavy atom. The van der Waals surface area contributed by atoms with Crippen LogP contribution in [-0.4, -0.2) is 17.4 Å². The molecule has 2 aromatic carbocycles. The van der Waals surface area contributed by atoms with Gasteiger partial charge in [0.2, 0.25) is 0 Å². The van der Waals surface area contributed by atoms with Gasteiger partial charge < -0.3 is 16.2 Å². The quantitative estimate of drug-likeness (QED) is 0.262. The van der Waals surface area contributed by atoms with E-state index in [9.17, 15) is 23.1 Å². The van der Waals surface area contributed by atoms with Crippen molar-refractivity contribution in [2.75, 3.05) is 11.9 Å². The lowest BCUT2D eigenvalue weighted by Crippen LogP contribution is -2.31. The van der Waals surface area contributed by atoms with Crippen molar-refractivity contribution in [3.8, 4) is 0 Å². The number of hydrogen-bond donors (Lipinski definition) is 3. The van der Waals surface area contributed by atoms with Gasteiger partial charge in [-0.15, -0.1) is 0 Å². The number of aliphatic hydroxyl groups excluding tert-OH is 1. The van der Waals surface area contributed by atoms with Crippen LogP contribution in [0.1, 0.15) is 54.2 Å². The molecule has 0 radical (unpaired) electrons. The van der Waals surface area contributed by atoms with E-state index in [0.717, 1.165) is 25.5 Å². The van der Waals surface area contributed by atoms with E-state index in [1.165, 1.54) is 43.3 Å². The van der Waals surface area contributed by atoms with E-state index in [1.807, 2.05) is 6.92 Å². The average Bonchev–Trinajstić information content (AvgIpc) is 2.70. The molecule has 0 aliphatic rings. The molecule has 166 valence electrons. The lowest BCUT2D eigenvalue weighted by Gasteiger charge is -2.23. The first kappa shape index (κ1) is 24.2. The van der Waals surface area contributed by atoms with E-state index < -0.39 is 23.1 Å². The summed E-state index contributed by atoms with van der Waals surface area (Å²) in [6, 6.07) is 8.03. The highest BCUT2D eigenvalue weighted by atomic mass is 19.3. The molecule has 0 aromatic heterocycles. The highest BCUT2D eigenvalue weighted by Gasteiger charge is 2.29. The van der Waals surface area contributed by atoms with Crippen molar-refractivity contribution in [1.82, 2.24) is 0 Å². The van der Waals surface area contributed by atoms with Crippen LogP contribution in [0, 0.1) is 5.82 Å². The number of rotatable bonds is 9. The molecule has 0 aliphatic heterocycles. The molecule has 0 saturated heterocycles. The lowest BCUT2D eigenvalue weighted by molar-refractivity contribution is 0.0182. The summed E-state index contributed by atoms with van der Waals surface area (Å²) in [5.74, 6) is -4.80. The van der Waals surface area contributed by atoms with Gasteiger partial charge in [0.25, 0.3) is 5.92 Å². The van der Waals surface area contributed by atoms with Crippen molar-refractivity contribution in [2.24, 2.45) is 5.73 Å². The number of allylic oxidation sites excluding steroid dienone is 1. The molecule has 0 fully saturated rings. The molecule has 2 aromatic rings. The van der Waals surface area contributed by atoms with Gasteiger partial charge in [0, 0.05) is 30.3 Å². The molecule has 0 aliphatic carbocycles. The summed E-state index contributed by atoms with van der Waals surface area (Å²) in [7, 11) is 0. The van der Waals surface area contributed by atoms with Crippen LogP contribution in [-0.2, 0) is 11.5 Å². The molecule has 0 heterocycles. The van der Waals surface area contributed by atoms with Gasteiger partial charge >= 0.3 is 0 Å². The third-order valence-corrected chi connectivity index (χ3v) is 4.83. The molecule has 4 nitrogen and oxygen atoms in total. The summed E-state index contributed by atoms with van der Waals surface area (Å²) in [6.45, 7) is 8.09. The zero-order chi connectivity index (χ0) is 23.4. The normalized spacial score (nSPS) is 14.1. The van der Waals surface area contributed by atoms with Crippen molar-refractivity contribution >= 4 is 17.2 Å². The predicted molar refractivity (Wildman–Crippen MR) is 118 cm³/mol. The monoisotopic (exact) mass is 432 g/mol. The number of anilines is 1. The number of carbonyl (C=O) groups excluding carboxylic acids is 1. The molecule has 0 bridgehead atoms. The topological polar surface area (TPSA) is 75.4 Å². The number of hydrogen-bond acceptors (Lipinski definition) is 4. The van der Waals surface area contributed by atoms with Crippen LogP contribution >= 0.6 is 0 Å². The number of nitrogens with two attached hydrogens (primary N) is 1. The maximum atomic E-state index is 14.3. The highest BCUT2D eigenvalue weighted by molar-refractivity contribution is 6.04. The fourth-order valence-corrected chi connectivity index (χ4v) is 3.09. The summed E-state index contributed by atoms with van der Waals surface area (Å²) in [5, 5.41) is 13.5. The van der Waals surface area contributed by atoms with Gasteiger partial charge in [-0.25, -0.2) is 13.2 Å². The SMILES string of the molecule is C=CC(=O)c1ccc(C(C)(N)/C=C(\O)c2ccc(NCCC)c(C(C)(F)F)c2)cc1F. The third kappa shape index (κ3) is 5.76. The molecule has 0 saturated carbocycles. The molecule has 4 N–H and O–H groups in total. The Bertz CT molecular complexity index is 1010. The van der Waals surface area contributed by atoms with Crippen molar-refractivity contribution in [3.05, 3.63) is 83.2 Å². The number of carbonyl (C=O) groups is 1. The van der Waals surface area contributed by atoms with E-state index in [2.05, 4.69) is 11.9 Å². The zero-order valence-electron chi connectivity index (χ0n) is 17.8. The molecule has 31 heavy (non-hydrogen) atoms. The van der Waals surface area contributed by atoms with Crippen LogP contribution in [0.3, 0.4) is 0 Å². The molecule has 0 spiro atoms. The molecule has 1 unspecified atom stereocenters. The van der Waals surface area contributed by atoms with E-state index in [1.54, 1.807) is 0 Å². The fourth-order valence-electron chi connectivity index (χ4n) is 3.09. The van der Waals surface area contributed by atoms with E-state index >= 15 is 0 Å². The van der Waals surface area contributed by atoms with Crippen LogP contribution in [0.15, 0.2) is 55.1 Å². The Morgan fingerprint density at radius 2 is 1.90 bits per heavy atom. The van der Waals surface area contributed by atoms with Gasteiger partial charge in [0.15, 0.2) is 5.78 Å². The number of ketones is 1. The van der Waals surface area contributed by atoms with Crippen molar-refractivity contribution in [3.63, 3.8) is 0 Å². The lowest BCUT2D eigenvalue weighted by atomic mass is 9.90. The zero-order valence-corrected chi connectivity index (χ0v) is 17.8. The second-order valence-electron chi connectivity index (χ2n) is 7.65. The Morgan fingerprint density at radius 1 is 1.23 bits per heavy atom. The smallest absolute Gasteiger partial charge is 0.272 e. The molecule has 0 amide bonds. The Hall–Kier alpha value is -3.06. The number of aliphatic hydroxyl groups is 1. The third-order valence-electron chi connectivity index (χ3n) is 4.83. The van der Waals surface area contributed by atoms with Crippen molar-refractivity contribution in [2.45, 2.75) is 38.7 Å². The van der Waals surface area contributed by atoms with Crippen LogP contribution in [0.2, 0.25) is 0 Å². The number of alkyl halides is 2. The fraction of sp³-hybridized carbons (Fsp3) is 0.292. The first-order valence-electron chi connectivity index (χ1n) is 9.84. The second kappa shape index (κ2) is 9.39. The molecular weight excluding hydrogens is 405 g/mol. The van der Waals surface area contributed by atoms with Crippen LogP contribution in [0.4, 0.5) is 18.9 Å². The number of nitrogens with one attached hydrogen (secondary N) is 1. The largest absolute Gasteiger partial charge is 0.508 e. The summed E-state index contributed by atoms with van der Waals surface area (Å²) in [6.07, 6.45) is 3.02. The predicted octanol–water partition coefficient (Wildman–Crippen LogP) is 5.90. The van der Waals surface area contributed by atoms with Gasteiger partial charge in [0.05, 0.1) is 11.1 Å². The molecular formula is C24H27F3N2O2. The number of halogens is 3. The maximum absolute atomic E-state index is 14.3. The first-order valence-corrected chi connectivity index (χ1v) is 9.84. The molecule has 7 heteroatoms. The first-order chi connectivity index (χ1) is 14.4.